The molecule has 2 nitrogen and oxygen atoms in total. The van der Waals surface area contributed by atoms with Crippen LogP contribution in [0.4, 0.5) is 0 Å². The minimum Gasteiger partial charge on any atom is -0.388 e. The van der Waals surface area contributed by atoms with Gasteiger partial charge in [-0.3, -0.25) is 4.90 Å². The van der Waals surface area contributed by atoms with Crippen LogP contribution in [0.5, 0.6) is 0 Å². The van der Waals surface area contributed by atoms with Gasteiger partial charge in [-0.05, 0) is 42.5 Å². The average Bonchev–Trinajstić information content (AvgIpc) is 2.75. The monoisotopic (exact) mass is 281 g/mol. The number of hydrogen-bond donors (Lipinski definition) is 1. The first-order valence-corrected chi connectivity index (χ1v) is 7.85. The predicted octanol–water partition coefficient (Wildman–Crippen LogP) is 3.56. The molecule has 0 aliphatic carbocycles. The van der Waals surface area contributed by atoms with Crippen molar-refractivity contribution in [3.8, 4) is 0 Å². The van der Waals surface area contributed by atoms with Gasteiger partial charge in [0.2, 0.25) is 0 Å². The summed E-state index contributed by atoms with van der Waals surface area (Å²) in [6.07, 6.45) is 2.82. The number of benzene rings is 2. The maximum Gasteiger partial charge on any atom is 0.0802 e. The van der Waals surface area contributed by atoms with Gasteiger partial charge in [0.1, 0.15) is 0 Å². The summed E-state index contributed by atoms with van der Waals surface area (Å²) in [6.45, 7) is 3.08. The van der Waals surface area contributed by atoms with Gasteiger partial charge in [-0.1, -0.05) is 54.6 Å². The molecule has 1 N–H and O–H groups in total. The van der Waals surface area contributed by atoms with Crippen LogP contribution >= 0.6 is 0 Å². The first-order valence-electron chi connectivity index (χ1n) is 7.85. The highest BCUT2D eigenvalue weighted by molar-refractivity contribution is 5.28. The number of hydrogen-bond acceptors (Lipinski definition) is 2. The van der Waals surface area contributed by atoms with Crippen LogP contribution in [0.25, 0.3) is 0 Å². The summed E-state index contributed by atoms with van der Waals surface area (Å²) in [7, 11) is 0. The van der Waals surface area contributed by atoms with Crippen molar-refractivity contribution >= 4 is 0 Å². The quantitative estimate of drug-likeness (QED) is 0.926. The topological polar surface area (TPSA) is 23.5 Å². The Kier molecular flexibility index (Phi) is 4.69. The molecule has 0 saturated carbocycles. The SMILES string of the molecule is OC(CCN1CCCc2ccccc2C1)c1ccccc1. The lowest BCUT2D eigenvalue weighted by atomic mass is 10.0. The molecular weight excluding hydrogens is 258 g/mol. The zero-order valence-corrected chi connectivity index (χ0v) is 12.4. The Hall–Kier alpha value is -1.64. The highest BCUT2D eigenvalue weighted by Crippen LogP contribution is 2.21. The zero-order chi connectivity index (χ0) is 14.5. The molecule has 3 rings (SSSR count). The maximum absolute atomic E-state index is 10.3. The molecule has 1 heterocycles. The summed E-state index contributed by atoms with van der Waals surface area (Å²) < 4.78 is 0. The van der Waals surface area contributed by atoms with Crippen LogP contribution in [0, 0.1) is 0 Å². The minimum atomic E-state index is -0.357. The molecule has 0 bridgehead atoms. The first-order chi connectivity index (χ1) is 10.3. The van der Waals surface area contributed by atoms with E-state index < -0.39 is 0 Å². The van der Waals surface area contributed by atoms with Crippen molar-refractivity contribution in [1.29, 1.82) is 0 Å². The van der Waals surface area contributed by atoms with Gasteiger partial charge in [-0.2, -0.15) is 0 Å². The van der Waals surface area contributed by atoms with Crippen molar-refractivity contribution in [1.82, 2.24) is 4.90 Å². The Labute approximate surface area is 127 Å². The van der Waals surface area contributed by atoms with Crippen LogP contribution in [0.2, 0.25) is 0 Å². The van der Waals surface area contributed by atoms with Crippen LogP contribution in [0.3, 0.4) is 0 Å². The van der Waals surface area contributed by atoms with Gasteiger partial charge in [0, 0.05) is 13.1 Å². The number of aliphatic hydroxyl groups is 1. The molecule has 1 aliphatic heterocycles. The Bertz CT molecular complexity index is 567. The molecular formula is C19H23NO. The highest BCUT2D eigenvalue weighted by Gasteiger charge is 2.15. The van der Waals surface area contributed by atoms with Gasteiger partial charge in [0.15, 0.2) is 0 Å². The fraction of sp³-hybridized carbons (Fsp3) is 0.368. The van der Waals surface area contributed by atoms with Gasteiger partial charge in [-0.25, -0.2) is 0 Å². The Morgan fingerprint density at radius 3 is 2.48 bits per heavy atom. The second kappa shape index (κ2) is 6.88. The average molecular weight is 281 g/mol. The van der Waals surface area contributed by atoms with Crippen LogP contribution < -0.4 is 0 Å². The van der Waals surface area contributed by atoms with E-state index in [-0.39, 0.29) is 6.10 Å². The normalized spacial score (nSPS) is 17.0. The van der Waals surface area contributed by atoms with Crippen molar-refractivity contribution < 1.29 is 5.11 Å². The van der Waals surface area contributed by atoms with E-state index in [9.17, 15) is 5.11 Å². The summed E-state index contributed by atoms with van der Waals surface area (Å²) in [5, 5.41) is 10.3. The zero-order valence-electron chi connectivity index (χ0n) is 12.4. The standard InChI is InChI=1S/C19H23NO/c21-19(17-8-2-1-3-9-17)12-14-20-13-6-11-16-7-4-5-10-18(16)15-20/h1-5,7-10,19,21H,6,11-15H2. The second-order valence-electron chi connectivity index (χ2n) is 5.86. The summed E-state index contributed by atoms with van der Waals surface area (Å²) in [6, 6.07) is 18.7. The highest BCUT2D eigenvalue weighted by atomic mass is 16.3. The largest absolute Gasteiger partial charge is 0.388 e. The molecule has 110 valence electrons. The Morgan fingerprint density at radius 1 is 0.952 bits per heavy atom. The molecule has 0 fully saturated rings. The molecule has 21 heavy (non-hydrogen) atoms. The molecule has 0 spiro atoms. The molecule has 1 aliphatic rings. The Balaban J connectivity index is 1.59. The third-order valence-electron chi connectivity index (χ3n) is 4.34. The van der Waals surface area contributed by atoms with Crippen molar-refractivity contribution in [2.45, 2.75) is 31.9 Å². The number of rotatable bonds is 4. The maximum atomic E-state index is 10.3. The van der Waals surface area contributed by atoms with Gasteiger partial charge in [-0.15, -0.1) is 0 Å². The van der Waals surface area contributed by atoms with Gasteiger partial charge < -0.3 is 5.11 Å². The second-order valence-corrected chi connectivity index (χ2v) is 5.86. The van der Waals surface area contributed by atoms with Crippen LogP contribution in [0.15, 0.2) is 54.6 Å². The smallest absolute Gasteiger partial charge is 0.0802 e. The number of nitrogens with zero attached hydrogens (tertiary/aromatic N) is 1. The van der Waals surface area contributed by atoms with E-state index in [0.29, 0.717) is 0 Å². The van der Waals surface area contributed by atoms with Gasteiger partial charge in [0.05, 0.1) is 6.10 Å². The van der Waals surface area contributed by atoms with Gasteiger partial charge >= 0.3 is 0 Å². The minimum absolute atomic E-state index is 0.357. The number of fused-ring (bicyclic) bond motifs is 1. The van der Waals surface area contributed by atoms with Crippen molar-refractivity contribution in [3.63, 3.8) is 0 Å². The third-order valence-corrected chi connectivity index (χ3v) is 4.34. The van der Waals surface area contributed by atoms with E-state index in [2.05, 4.69) is 29.2 Å². The van der Waals surface area contributed by atoms with E-state index in [0.717, 1.165) is 31.6 Å². The van der Waals surface area contributed by atoms with Crippen molar-refractivity contribution in [2.75, 3.05) is 13.1 Å². The molecule has 0 saturated heterocycles. The molecule has 0 amide bonds. The van der Waals surface area contributed by atoms with E-state index in [1.807, 2.05) is 30.3 Å². The third kappa shape index (κ3) is 3.72. The molecule has 0 radical (unpaired) electrons. The van der Waals surface area contributed by atoms with Crippen LogP contribution in [-0.2, 0) is 13.0 Å². The lowest BCUT2D eigenvalue weighted by molar-refractivity contribution is 0.140. The van der Waals surface area contributed by atoms with Crippen molar-refractivity contribution in [2.24, 2.45) is 0 Å². The fourth-order valence-corrected chi connectivity index (χ4v) is 3.11. The molecule has 0 aromatic heterocycles. The van der Waals surface area contributed by atoms with E-state index >= 15 is 0 Å². The molecule has 2 heteroatoms. The predicted molar refractivity (Wildman–Crippen MR) is 86.1 cm³/mol. The van der Waals surface area contributed by atoms with Crippen LogP contribution in [-0.4, -0.2) is 23.1 Å². The number of aliphatic hydroxyl groups excluding tert-OH is 1. The first kappa shape index (κ1) is 14.3. The summed E-state index contributed by atoms with van der Waals surface area (Å²) in [5.74, 6) is 0. The Morgan fingerprint density at radius 2 is 1.67 bits per heavy atom. The summed E-state index contributed by atoms with van der Waals surface area (Å²) in [5.41, 5.74) is 3.96. The molecule has 1 atom stereocenters. The van der Waals surface area contributed by atoms with E-state index in [1.54, 1.807) is 0 Å². The van der Waals surface area contributed by atoms with Crippen molar-refractivity contribution in [3.05, 3.63) is 71.3 Å². The molecule has 2 aromatic rings. The summed E-state index contributed by atoms with van der Waals surface area (Å²) >= 11 is 0. The lowest BCUT2D eigenvalue weighted by Gasteiger charge is -2.22. The molecule has 2 aromatic carbocycles. The van der Waals surface area contributed by atoms with E-state index in [4.69, 9.17) is 0 Å². The van der Waals surface area contributed by atoms with Gasteiger partial charge in [0.25, 0.3) is 0 Å². The molecule has 1 unspecified atom stereocenters. The fourth-order valence-electron chi connectivity index (χ4n) is 3.11. The van der Waals surface area contributed by atoms with Crippen LogP contribution in [0.1, 0.15) is 35.6 Å². The lowest BCUT2D eigenvalue weighted by Crippen LogP contribution is -2.25. The number of aryl methyl sites for hydroxylation is 1. The van der Waals surface area contributed by atoms with E-state index in [1.165, 1.54) is 24.0 Å². The summed E-state index contributed by atoms with van der Waals surface area (Å²) in [4.78, 5) is 2.47.